The molecule has 1 fully saturated rings. The van der Waals surface area contributed by atoms with E-state index in [1.165, 1.54) is 11.8 Å². The number of hydrogen-bond donors (Lipinski definition) is 1. The van der Waals surface area contributed by atoms with E-state index in [1.54, 1.807) is 0 Å². The van der Waals surface area contributed by atoms with Crippen LogP contribution in [0.4, 0.5) is 19.8 Å². The van der Waals surface area contributed by atoms with Crippen molar-refractivity contribution < 1.29 is 32.9 Å². The van der Waals surface area contributed by atoms with Crippen molar-refractivity contribution in [2.45, 2.75) is 89.7 Å². The van der Waals surface area contributed by atoms with Crippen molar-refractivity contribution in [3.63, 3.8) is 0 Å². The zero-order valence-corrected chi connectivity index (χ0v) is 22.0. The summed E-state index contributed by atoms with van der Waals surface area (Å²) in [7, 11) is 0. The molecular formula is C24H38FN3O7S. The smallest absolute Gasteiger partial charge is 0.449 e. The van der Waals surface area contributed by atoms with E-state index in [1.807, 2.05) is 0 Å². The Balaban J connectivity index is 1.73. The number of anilines is 1. The molecule has 0 spiro atoms. The van der Waals surface area contributed by atoms with Crippen LogP contribution in [0.15, 0.2) is 11.0 Å². The van der Waals surface area contributed by atoms with Gasteiger partial charge in [0, 0.05) is 5.75 Å². The van der Waals surface area contributed by atoms with Gasteiger partial charge in [-0.2, -0.15) is 4.98 Å². The third-order valence-electron chi connectivity index (χ3n) is 5.46. The Morgan fingerprint density at radius 1 is 1.06 bits per heavy atom. The molecule has 0 radical (unpaired) electrons. The molecule has 2 heterocycles. The van der Waals surface area contributed by atoms with Crippen molar-refractivity contribution in [1.29, 1.82) is 0 Å². The van der Waals surface area contributed by atoms with Crippen molar-refractivity contribution in [3.05, 3.63) is 22.5 Å². The lowest BCUT2D eigenvalue weighted by Crippen LogP contribution is -2.31. The van der Waals surface area contributed by atoms with E-state index >= 15 is 0 Å². The predicted molar refractivity (Wildman–Crippen MR) is 135 cm³/mol. The van der Waals surface area contributed by atoms with E-state index in [0.29, 0.717) is 18.8 Å². The molecule has 204 valence electrons. The maximum Gasteiger partial charge on any atom is 0.508 e. The molecule has 1 aliphatic rings. The first kappa shape index (κ1) is 29.9. The number of nitrogens with zero attached hydrogens (tertiary/aromatic N) is 2. The molecule has 10 nitrogen and oxygen atoms in total. The van der Waals surface area contributed by atoms with Crippen molar-refractivity contribution >= 4 is 29.8 Å². The lowest BCUT2D eigenvalue weighted by atomic mass is 10.2. The number of thioether (sulfide) groups is 1. The molecule has 0 saturated carbocycles. The minimum Gasteiger partial charge on any atom is -0.449 e. The number of amides is 1. The average Bonchev–Trinajstić information content (AvgIpc) is 3.33. The first-order chi connectivity index (χ1) is 17.4. The molecule has 2 rings (SSSR count). The quantitative estimate of drug-likeness (QED) is 0.214. The Bertz CT molecular complexity index is 871. The maximum atomic E-state index is 14.5. The SMILES string of the molecule is CCCCCCCOC(=O)Nc1nc(=O)n([C@@H]2CS[C@H](COC(=O)OCCCCCCC)O2)cc1F. The molecule has 0 bridgehead atoms. The maximum absolute atomic E-state index is 14.5. The topological polar surface area (TPSA) is 118 Å². The van der Waals surface area contributed by atoms with Crippen LogP contribution >= 0.6 is 11.8 Å². The van der Waals surface area contributed by atoms with E-state index in [-0.39, 0.29) is 13.2 Å². The number of ether oxygens (including phenoxy) is 4. The van der Waals surface area contributed by atoms with Crippen LogP contribution in [0.1, 0.15) is 84.3 Å². The summed E-state index contributed by atoms with van der Waals surface area (Å²) in [6.07, 6.45) is 8.65. The van der Waals surface area contributed by atoms with E-state index in [9.17, 15) is 18.8 Å². The van der Waals surface area contributed by atoms with Gasteiger partial charge >= 0.3 is 17.9 Å². The number of rotatable bonds is 16. The molecule has 2 atom stereocenters. The number of hydrogen-bond acceptors (Lipinski definition) is 9. The van der Waals surface area contributed by atoms with Crippen LogP contribution < -0.4 is 11.0 Å². The number of unbranched alkanes of at least 4 members (excludes halogenated alkanes) is 8. The number of aromatic nitrogens is 2. The Morgan fingerprint density at radius 3 is 2.36 bits per heavy atom. The van der Waals surface area contributed by atoms with Crippen molar-refractivity contribution in [3.8, 4) is 0 Å². The second-order valence-electron chi connectivity index (χ2n) is 8.48. The van der Waals surface area contributed by atoms with E-state index in [4.69, 9.17) is 18.9 Å². The van der Waals surface area contributed by atoms with Gasteiger partial charge in [-0.1, -0.05) is 65.2 Å². The number of carbonyl (C=O) groups is 2. The van der Waals surface area contributed by atoms with Crippen LogP contribution in [-0.4, -0.2) is 52.8 Å². The van der Waals surface area contributed by atoms with Crippen LogP contribution in [-0.2, 0) is 18.9 Å². The Kier molecular flexibility index (Phi) is 14.3. The monoisotopic (exact) mass is 531 g/mol. The van der Waals surface area contributed by atoms with E-state index in [0.717, 1.165) is 68.6 Å². The highest BCUT2D eigenvalue weighted by Gasteiger charge is 2.30. The molecule has 1 aromatic heterocycles. The summed E-state index contributed by atoms with van der Waals surface area (Å²) < 4.78 is 36.3. The molecule has 1 N–H and O–H groups in total. The van der Waals surface area contributed by atoms with Crippen LogP contribution in [0.25, 0.3) is 0 Å². The predicted octanol–water partition coefficient (Wildman–Crippen LogP) is 5.61. The first-order valence-electron chi connectivity index (χ1n) is 12.7. The lowest BCUT2D eigenvalue weighted by Gasteiger charge is -2.15. The van der Waals surface area contributed by atoms with Gasteiger partial charge in [0.25, 0.3) is 0 Å². The summed E-state index contributed by atoms with van der Waals surface area (Å²) in [6, 6.07) is 0. The van der Waals surface area contributed by atoms with Crippen LogP contribution in [0.5, 0.6) is 0 Å². The van der Waals surface area contributed by atoms with Gasteiger partial charge < -0.3 is 18.9 Å². The number of halogens is 1. The lowest BCUT2D eigenvalue weighted by molar-refractivity contribution is -0.0242. The van der Waals surface area contributed by atoms with Gasteiger partial charge in [0.1, 0.15) is 18.3 Å². The number of nitrogens with one attached hydrogen (secondary N) is 1. The highest BCUT2D eigenvalue weighted by molar-refractivity contribution is 8.00. The first-order valence-corrected chi connectivity index (χ1v) is 13.8. The summed E-state index contributed by atoms with van der Waals surface area (Å²) in [4.78, 5) is 39.6. The highest BCUT2D eigenvalue weighted by Crippen LogP contribution is 2.31. The minimum atomic E-state index is -0.898. The van der Waals surface area contributed by atoms with Gasteiger partial charge in [0.15, 0.2) is 11.6 Å². The van der Waals surface area contributed by atoms with Gasteiger partial charge in [-0.3, -0.25) is 9.88 Å². The largest absolute Gasteiger partial charge is 0.508 e. The number of carbonyl (C=O) groups excluding carboxylic acids is 2. The Morgan fingerprint density at radius 2 is 1.69 bits per heavy atom. The van der Waals surface area contributed by atoms with Crippen molar-refractivity contribution in [2.75, 3.05) is 30.9 Å². The summed E-state index contributed by atoms with van der Waals surface area (Å²) in [6.45, 7) is 4.69. The average molecular weight is 532 g/mol. The van der Waals surface area contributed by atoms with Crippen LogP contribution in [0, 0.1) is 5.82 Å². The third kappa shape index (κ3) is 11.2. The second-order valence-corrected chi connectivity index (χ2v) is 9.67. The van der Waals surface area contributed by atoms with Gasteiger partial charge in [-0.25, -0.2) is 18.8 Å². The highest BCUT2D eigenvalue weighted by atomic mass is 32.2. The fraction of sp³-hybridized carbons (Fsp3) is 0.750. The fourth-order valence-corrected chi connectivity index (χ4v) is 4.45. The van der Waals surface area contributed by atoms with E-state index < -0.39 is 41.2 Å². The molecule has 36 heavy (non-hydrogen) atoms. The van der Waals surface area contributed by atoms with Gasteiger partial charge in [0.2, 0.25) is 0 Å². The van der Waals surface area contributed by atoms with Gasteiger partial charge in [-0.15, -0.1) is 11.8 Å². The normalized spacial score (nSPS) is 17.1. The second kappa shape index (κ2) is 17.2. The molecule has 1 aromatic rings. The summed E-state index contributed by atoms with van der Waals surface area (Å²) in [5.41, 5.74) is -1.33. The van der Waals surface area contributed by atoms with Crippen LogP contribution in [0.3, 0.4) is 0 Å². The van der Waals surface area contributed by atoms with Crippen molar-refractivity contribution in [1.82, 2.24) is 9.55 Å². The fourth-order valence-electron chi connectivity index (χ4n) is 3.46. The molecule has 1 aliphatic heterocycles. The summed E-state index contributed by atoms with van der Waals surface area (Å²) in [5.74, 6) is -1.07. The Labute approximate surface area is 215 Å². The molecule has 0 aliphatic carbocycles. The molecule has 1 amide bonds. The van der Waals surface area contributed by atoms with Gasteiger partial charge in [-0.05, 0) is 12.8 Å². The van der Waals surface area contributed by atoms with E-state index in [2.05, 4.69) is 24.1 Å². The van der Waals surface area contributed by atoms with Gasteiger partial charge in [0.05, 0.1) is 19.4 Å². The molecule has 1 saturated heterocycles. The molecule has 12 heteroatoms. The molecule has 0 aromatic carbocycles. The zero-order chi connectivity index (χ0) is 26.2. The minimum absolute atomic E-state index is 0.0651. The molecule has 0 unspecified atom stereocenters. The van der Waals surface area contributed by atoms with Crippen LogP contribution in [0.2, 0.25) is 0 Å². The van der Waals surface area contributed by atoms with Crippen molar-refractivity contribution in [2.24, 2.45) is 0 Å². The Hall–Kier alpha value is -2.34. The zero-order valence-electron chi connectivity index (χ0n) is 21.2. The molecular weight excluding hydrogens is 493 g/mol. The summed E-state index contributed by atoms with van der Waals surface area (Å²) in [5, 5.41) is 2.17. The third-order valence-corrected chi connectivity index (χ3v) is 6.55. The standard InChI is InChI=1S/C24H38FN3O7S/c1-3-5-7-9-11-13-32-23(30)27-21-18(25)15-28(22(29)26-21)19-17-36-20(35-19)16-34-24(31)33-14-12-10-8-6-4-2/h15,19-20H,3-14,16-17H2,1-2H3,(H,26,27,29,30)/t19-,20+/m0/s1. The summed E-state index contributed by atoms with van der Waals surface area (Å²) >= 11 is 1.32.